The fraction of sp³-hybridized carbons (Fsp3) is 0.0278. The summed E-state index contributed by atoms with van der Waals surface area (Å²) in [7, 11) is 0. The first-order valence-corrected chi connectivity index (χ1v) is 25.4. The summed E-state index contributed by atoms with van der Waals surface area (Å²) < 4.78 is 0. The molecule has 0 radical (unpaired) electrons. The molecule has 0 N–H and O–H groups in total. The highest BCUT2D eigenvalue weighted by Crippen LogP contribution is 2.60. The van der Waals surface area contributed by atoms with E-state index in [4.69, 9.17) is 0 Å². The van der Waals surface area contributed by atoms with E-state index >= 15 is 0 Å². The van der Waals surface area contributed by atoms with E-state index in [9.17, 15) is 0 Å². The van der Waals surface area contributed by atoms with Crippen molar-refractivity contribution in [2.24, 2.45) is 0 Å². The van der Waals surface area contributed by atoms with Gasteiger partial charge in [0, 0.05) is 16.8 Å². The van der Waals surface area contributed by atoms with Gasteiger partial charge in [-0.15, -0.1) is 0 Å². The van der Waals surface area contributed by atoms with Crippen molar-refractivity contribution in [3.05, 3.63) is 342 Å². The molecule has 14 rings (SSSR count). The molecule has 0 aromatic heterocycles. The first-order valence-electron chi connectivity index (χ1n) is 25.4. The molecule has 0 heterocycles. The average molecular weight is 928 g/mol. The molecule has 2 aliphatic rings. The van der Waals surface area contributed by atoms with Crippen molar-refractivity contribution in [3.8, 4) is 44.5 Å². The summed E-state index contributed by atoms with van der Waals surface area (Å²) in [5.41, 5.74) is 21.9. The van der Waals surface area contributed by atoms with E-state index in [2.05, 4.69) is 302 Å². The number of anilines is 3. The summed E-state index contributed by atoms with van der Waals surface area (Å²) in [6.07, 6.45) is 0. The van der Waals surface area contributed by atoms with E-state index in [0.717, 1.165) is 17.1 Å². The Hall–Kier alpha value is -9.30. The Kier molecular flexibility index (Phi) is 10.0. The van der Waals surface area contributed by atoms with Gasteiger partial charge >= 0.3 is 0 Å². The third-order valence-electron chi connectivity index (χ3n) is 15.8. The molecule has 0 bridgehead atoms. The maximum Gasteiger partial charge on any atom is 0.0714 e. The molecule has 342 valence electrons. The van der Waals surface area contributed by atoms with E-state index in [-0.39, 0.29) is 0 Å². The van der Waals surface area contributed by atoms with Crippen LogP contribution in [-0.2, 0) is 10.8 Å². The fourth-order valence-corrected chi connectivity index (χ4v) is 12.7. The van der Waals surface area contributed by atoms with E-state index in [1.54, 1.807) is 0 Å². The van der Waals surface area contributed by atoms with Crippen LogP contribution in [0.1, 0.15) is 44.5 Å². The Bertz CT molecular complexity index is 3800. The van der Waals surface area contributed by atoms with E-state index in [1.807, 2.05) is 0 Å². The maximum atomic E-state index is 2.53. The summed E-state index contributed by atoms with van der Waals surface area (Å²) in [6, 6.07) is 111. The van der Waals surface area contributed by atoms with Gasteiger partial charge in [-0.2, -0.15) is 0 Å². The zero-order valence-corrected chi connectivity index (χ0v) is 40.2. The van der Waals surface area contributed by atoms with Crippen molar-refractivity contribution in [2.75, 3.05) is 4.90 Å². The Balaban J connectivity index is 1.05. The Morgan fingerprint density at radius 3 is 1.11 bits per heavy atom. The largest absolute Gasteiger partial charge is 0.310 e. The second-order valence-electron chi connectivity index (χ2n) is 19.5. The minimum Gasteiger partial charge on any atom is -0.310 e. The van der Waals surface area contributed by atoms with Crippen LogP contribution in [0.2, 0.25) is 0 Å². The average Bonchev–Trinajstić information content (AvgIpc) is 3.94. The number of rotatable bonds is 9. The van der Waals surface area contributed by atoms with Gasteiger partial charge in [0.1, 0.15) is 0 Å². The molecule has 1 nitrogen and oxygen atoms in total. The molecular formula is C72H49N. The van der Waals surface area contributed by atoms with Crippen LogP contribution in [0.3, 0.4) is 0 Å². The first-order chi connectivity index (χ1) is 36.2. The van der Waals surface area contributed by atoms with Gasteiger partial charge in [-0.05, 0) is 137 Å². The number of nitrogens with zero attached hydrogens (tertiary/aromatic N) is 1. The van der Waals surface area contributed by atoms with Crippen molar-refractivity contribution in [2.45, 2.75) is 10.8 Å². The van der Waals surface area contributed by atoms with Crippen molar-refractivity contribution in [1.29, 1.82) is 0 Å². The topological polar surface area (TPSA) is 3.24 Å². The normalized spacial score (nSPS) is 16.1. The third-order valence-corrected chi connectivity index (χ3v) is 15.8. The lowest BCUT2D eigenvalue weighted by Crippen LogP contribution is -2.29. The van der Waals surface area contributed by atoms with Crippen molar-refractivity contribution in [1.82, 2.24) is 0 Å². The van der Waals surface area contributed by atoms with E-state index < -0.39 is 10.8 Å². The van der Waals surface area contributed by atoms with E-state index in [0.29, 0.717) is 0 Å². The van der Waals surface area contributed by atoms with Gasteiger partial charge in [0.25, 0.3) is 0 Å². The van der Waals surface area contributed by atoms with Crippen LogP contribution in [0.25, 0.3) is 55.3 Å². The summed E-state index contributed by atoms with van der Waals surface area (Å²) in [5.74, 6) is 0. The second kappa shape index (κ2) is 17.2. The Morgan fingerprint density at radius 2 is 0.603 bits per heavy atom. The molecule has 0 aliphatic heterocycles. The molecule has 2 aliphatic carbocycles. The number of hydrogen-bond acceptors (Lipinski definition) is 1. The quantitative estimate of drug-likeness (QED) is 0.139. The van der Waals surface area contributed by atoms with Crippen molar-refractivity contribution in [3.63, 3.8) is 0 Å². The minimum absolute atomic E-state index is 0.621. The summed E-state index contributed by atoms with van der Waals surface area (Å²) >= 11 is 0. The molecule has 12 aromatic carbocycles. The van der Waals surface area contributed by atoms with Crippen LogP contribution in [-0.4, -0.2) is 0 Å². The van der Waals surface area contributed by atoms with Gasteiger partial charge < -0.3 is 4.90 Å². The van der Waals surface area contributed by atoms with Gasteiger partial charge in [-0.1, -0.05) is 255 Å². The Labute approximate surface area is 427 Å². The fourth-order valence-electron chi connectivity index (χ4n) is 12.7. The van der Waals surface area contributed by atoms with Crippen LogP contribution in [0.15, 0.2) is 297 Å². The van der Waals surface area contributed by atoms with Crippen LogP contribution in [0.5, 0.6) is 0 Å². The lowest BCUT2D eigenvalue weighted by molar-refractivity contribution is 0.768. The first kappa shape index (κ1) is 42.6. The summed E-state index contributed by atoms with van der Waals surface area (Å²) in [5, 5.41) is 2.38. The molecule has 0 amide bonds. The predicted molar refractivity (Wildman–Crippen MR) is 304 cm³/mol. The van der Waals surface area contributed by atoms with Gasteiger partial charge in [0.2, 0.25) is 0 Å². The second-order valence-corrected chi connectivity index (χ2v) is 19.5. The van der Waals surface area contributed by atoms with Crippen LogP contribution in [0.4, 0.5) is 17.1 Å². The summed E-state index contributed by atoms with van der Waals surface area (Å²) in [6.45, 7) is 0. The summed E-state index contributed by atoms with van der Waals surface area (Å²) in [4.78, 5) is 2.53. The van der Waals surface area contributed by atoms with Gasteiger partial charge in [0.15, 0.2) is 0 Å². The zero-order chi connectivity index (χ0) is 48.3. The van der Waals surface area contributed by atoms with E-state index in [1.165, 1.54) is 99.8 Å². The molecule has 0 saturated heterocycles. The minimum atomic E-state index is -0.621. The smallest absolute Gasteiger partial charge is 0.0714 e. The predicted octanol–water partition coefficient (Wildman–Crippen LogP) is 18.4. The molecule has 73 heavy (non-hydrogen) atoms. The molecule has 2 atom stereocenters. The standard InChI is InChI=1S/C72H49N/c1-5-22-50(23-6-1)53-28-19-34-57(46-53)71(55-30-9-3-10-31-55)66-39-17-15-37-62(66)64-44-42-59(48-68(64)71)73(70-41-21-27-52-26-13-14-36-61(52)70)60-43-45-65-63-38-16-18-40-67(63)72(69(65)49-60,56-32-11-4-12-33-56)58-35-20-29-54(47-58)51-24-7-2-8-25-51/h1-49H. The number of hydrogen-bond donors (Lipinski definition) is 0. The van der Waals surface area contributed by atoms with Gasteiger partial charge in [-0.3, -0.25) is 0 Å². The molecule has 0 spiro atoms. The third kappa shape index (κ3) is 6.56. The highest BCUT2D eigenvalue weighted by molar-refractivity contribution is 6.01. The zero-order valence-electron chi connectivity index (χ0n) is 40.2. The molecule has 2 unspecified atom stereocenters. The van der Waals surface area contributed by atoms with Gasteiger partial charge in [0.05, 0.1) is 16.5 Å². The molecular weight excluding hydrogens is 879 g/mol. The van der Waals surface area contributed by atoms with Crippen molar-refractivity contribution < 1.29 is 0 Å². The maximum absolute atomic E-state index is 2.53. The van der Waals surface area contributed by atoms with Crippen LogP contribution in [0, 0.1) is 0 Å². The molecule has 0 fully saturated rings. The SMILES string of the molecule is c1ccc(-c2cccc(C3(c4ccccc4)c4ccccc4-c4ccc(N(c5ccc6c(c5)C(c5ccccc5)(c5cccc(-c7ccccc7)c5)c5ccccc5-6)c5cccc6ccccc56)cc43)c2)cc1. The highest BCUT2D eigenvalue weighted by atomic mass is 15.1. The van der Waals surface area contributed by atoms with Crippen LogP contribution >= 0.6 is 0 Å². The lowest BCUT2D eigenvalue weighted by Gasteiger charge is -2.36. The van der Waals surface area contributed by atoms with Crippen molar-refractivity contribution >= 4 is 27.8 Å². The monoisotopic (exact) mass is 927 g/mol. The number of fused-ring (bicyclic) bond motifs is 7. The molecule has 1 heteroatoms. The molecule has 0 saturated carbocycles. The molecule has 12 aromatic rings. The lowest BCUT2D eigenvalue weighted by atomic mass is 9.67. The van der Waals surface area contributed by atoms with Gasteiger partial charge in [-0.25, -0.2) is 0 Å². The Morgan fingerprint density at radius 1 is 0.233 bits per heavy atom. The van der Waals surface area contributed by atoms with Crippen LogP contribution < -0.4 is 4.90 Å². The highest BCUT2D eigenvalue weighted by Gasteiger charge is 2.48. The number of benzene rings is 12.